The fourth-order valence-electron chi connectivity index (χ4n) is 4.64. The molecular formula is C28H27CoF2N3O2. The van der Waals surface area contributed by atoms with E-state index in [0.29, 0.717) is 29.8 Å². The van der Waals surface area contributed by atoms with Crippen LogP contribution >= 0.6 is 0 Å². The van der Waals surface area contributed by atoms with E-state index < -0.39 is 17.0 Å². The third-order valence-corrected chi connectivity index (χ3v) is 6.22. The molecule has 189 valence electrons. The van der Waals surface area contributed by atoms with Crippen molar-refractivity contribution < 1.29 is 35.4 Å². The molecule has 3 aromatic carbocycles. The van der Waals surface area contributed by atoms with Crippen LogP contribution < -0.4 is 9.64 Å². The number of methoxy groups -OCH3 is 1. The molecule has 0 saturated heterocycles. The Labute approximate surface area is 220 Å². The normalized spacial score (nSPS) is 18.4. The number of allylic oxidation sites excluding steroid dienone is 2. The van der Waals surface area contributed by atoms with E-state index >= 15 is 0 Å². The minimum Gasteiger partial charge on any atom is -0.497 e. The van der Waals surface area contributed by atoms with Gasteiger partial charge in [-0.15, -0.1) is 5.10 Å². The number of aliphatic hydroxyl groups is 1. The maximum atomic E-state index is 14.0. The number of hydrogen-bond donors (Lipinski definition) is 1. The molecule has 0 fully saturated rings. The van der Waals surface area contributed by atoms with Crippen molar-refractivity contribution in [2.24, 2.45) is 10.2 Å². The molecule has 0 amide bonds. The van der Waals surface area contributed by atoms with Gasteiger partial charge in [-0.2, -0.15) is 5.10 Å². The summed E-state index contributed by atoms with van der Waals surface area (Å²) in [5, 5.41) is 18.1. The van der Waals surface area contributed by atoms with Crippen LogP contribution in [-0.4, -0.2) is 30.9 Å². The van der Waals surface area contributed by atoms with Crippen LogP contribution in [0.3, 0.4) is 0 Å². The van der Waals surface area contributed by atoms with Crippen molar-refractivity contribution in [2.45, 2.75) is 25.7 Å². The molecule has 1 unspecified atom stereocenters. The first-order chi connectivity index (χ1) is 16.9. The van der Waals surface area contributed by atoms with E-state index in [1.165, 1.54) is 18.3 Å². The third kappa shape index (κ3) is 5.50. The van der Waals surface area contributed by atoms with Gasteiger partial charge < -0.3 is 14.7 Å². The van der Waals surface area contributed by atoms with Crippen molar-refractivity contribution in [2.75, 3.05) is 18.6 Å². The Kier molecular flexibility index (Phi) is 8.65. The number of hydrogen-bond acceptors (Lipinski definition) is 4. The second-order valence-electron chi connectivity index (χ2n) is 8.52. The van der Waals surface area contributed by atoms with Crippen molar-refractivity contribution in [1.29, 1.82) is 0 Å². The molecule has 1 radical (unpaired) electrons. The second kappa shape index (κ2) is 11.5. The number of aliphatic hydroxyl groups excluding tert-OH is 1. The van der Waals surface area contributed by atoms with Gasteiger partial charge in [0, 0.05) is 51.8 Å². The Hall–Kier alpha value is -3.49. The number of halogens is 2. The zero-order valence-corrected chi connectivity index (χ0v) is 21.2. The van der Waals surface area contributed by atoms with E-state index in [4.69, 9.17) is 4.74 Å². The Morgan fingerprint density at radius 1 is 1.06 bits per heavy atom. The molecule has 0 spiro atoms. The van der Waals surface area contributed by atoms with Crippen molar-refractivity contribution in [3.05, 3.63) is 107 Å². The number of benzene rings is 3. The van der Waals surface area contributed by atoms with Crippen molar-refractivity contribution in [3.63, 3.8) is 0 Å². The van der Waals surface area contributed by atoms with Gasteiger partial charge in [0.15, 0.2) is 0 Å². The van der Waals surface area contributed by atoms with E-state index in [-0.39, 0.29) is 22.7 Å². The maximum absolute atomic E-state index is 14.0. The summed E-state index contributed by atoms with van der Waals surface area (Å²) >= 11 is 0. The fraction of sp³-hybridized carbons (Fsp3) is 0.214. The second-order valence-corrected chi connectivity index (χ2v) is 8.52. The van der Waals surface area contributed by atoms with Gasteiger partial charge in [-0.1, -0.05) is 18.2 Å². The molecule has 0 aromatic heterocycles. The molecule has 4 rings (SSSR count). The number of fused-ring (bicyclic) bond motifs is 1. The summed E-state index contributed by atoms with van der Waals surface area (Å²) in [4.78, 5) is 2.14. The predicted molar refractivity (Wildman–Crippen MR) is 136 cm³/mol. The standard InChI is InChI=1S/C28H27F2N3O2.Co/c1-4-33-25-11-10-23(35-3)17-24(25)28(2,18-19-14-21(29)16-22(30)15-19)26(33)12-13-31-32-27(34)20-8-6-5-7-9-20;/h5-17H,4,18H2,1-3H3,(H,32,34);/b26-12-,31-13+;. The molecule has 0 aliphatic carbocycles. The molecule has 1 heterocycles. The van der Waals surface area contributed by atoms with Crippen molar-refractivity contribution >= 4 is 17.8 Å². The topological polar surface area (TPSA) is 57.4 Å². The molecule has 0 saturated carbocycles. The molecule has 0 bridgehead atoms. The Morgan fingerprint density at radius 3 is 2.39 bits per heavy atom. The molecule has 3 aromatic rings. The first-order valence-electron chi connectivity index (χ1n) is 11.3. The average molecular weight is 534 g/mol. The average Bonchev–Trinajstić information content (AvgIpc) is 3.07. The number of nitrogens with zero attached hydrogens (tertiary/aromatic N) is 3. The number of likely N-dealkylation sites (N-methyl/N-ethyl adjacent to an activating group) is 1. The Morgan fingerprint density at radius 2 is 1.75 bits per heavy atom. The van der Waals surface area contributed by atoms with Gasteiger partial charge in [-0.05, 0) is 79.9 Å². The van der Waals surface area contributed by atoms with E-state index in [9.17, 15) is 13.9 Å². The van der Waals surface area contributed by atoms with E-state index in [1.54, 1.807) is 31.4 Å². The van der Waals surface area contributed by atoms with Crippen molar-refractivity contribution in [3.8, 4) is 5.75 Å². The molecule has 1 aliphatic heterocycles. The SMILES string of the molecule is CCN1\C(=C/C=N/N=C(\O)c2ccccc2)C(C)(Cc2cc(F)cc(F)c2)c2cc(OC)ccc21.[Co]. The molecular weight excluding hydrogens is 507 g/mol. The van der Waals surface area contributed by atoms with Crippen LogP contribution in [0.15, 0.2) is 88.7 Å². The number of ether oxygens (including phenoxy) is 1. The Balaban J connectivity index is 0.00000361. The largest absolute Gasteiger partial charge is 0.497 e. The van der Waals surface area contributed by atoms with Crippen LogP contribution in [0.5, 0.6) is 5.75 Å². The minimum atomic E-state index is -0.628. The quantitative estimate of drug-likeness (QED) is 0.224. The predicted octanol–water partition coefficient (Wildman–Crippen LogP) is 6.19. The summed E-state index contributed by atoms with van der Waals surface area (Å²) in [5.41, 5.74) is 3.34. The van der Waals surface area contributed by atoms with Gasteiger partial charge in [-0.25, -0.2) is 8.78 Å². The van der Waals surface area contributed by atoms with Crippen molar-refractivity contribution in [1.82, 2.24) is 0 Å². The summed E-state index contributed by atoms with van der Waals surface area (Å²) in [6, 6.07) is 18.4. The van der Waals surface area contributed by atoms with E-state index in [2.05, 4.69) is 15.1 Å². The summed E-state index contributed by atoms with van der Waals surface area (Å²) in [5.74, 6) is -0.718. The van der Waals surface area contributed by atoms with E-state index in [1.807, 2.05) is 44.2 Å². The summed E-state index contributed by atoms with van der Waals surface area (Å²) in [6.07, 6.45) is 3.70. The maximum Gasteiger partial charge on any atom is 0.238 e. The van der Waals surface area contributed by atoms with Gasteiger partial charge in [0.1, 0.15) is 17.4 Å². The smallest absolute Gasteiger partial charge is 0.238 e. The monoisotopic (exact) mass is 534 g/mol. The molecule has 1 aliphatic rings. The summed E-state index contributed by atoms with van der Waals surface area (Å²) in [7, 11) is 1.61. The Bertz CT molecular complexity index is 1290. The zero-order valence-electron chi connectivity index (χ0n) is 20.2. The van der Waals surface area contributed by atoms with Crippen LogP contribution in [-0.2, 0) is 28.6 Å². The van der Waals surface area contributed by atoms with Crippen LogP contribution in [0.25, 0.3) is 0 Å². The van der Waals surface area contributed by atoms with Crippen LogP contribution in [0.1, 0.15) is 30.5 Å². The number of rotatable bonds is 7. The number of anilines is 1. The van der Waals surface area contributed by atoms with Gasteiger partial charge in [0.25, 0.3) is 0 Å². The molecule has 36 heavy (non-hydrogen) atoms. The molecule has 1 N–H and O–H groups in total. The van der Waals surface area contributed by atoms with Gasteiger partial charge in [0.2, 0.25) is 5.90 Å². The fourth-order valence-corrected chi connectivity index (χ4v) is 4.64. The van der Waals surface area contributed by atoms with Crippen LogP contribution in [0, 0.1) is 11.6 Å². The first kappa shape index (κ1) is 27.1. The molecule has 1 atom stereocenters. The van der Waals surface area contributed by atoms with E-state index in [0.717, 1.165) is 23.0 Å². The summed E-state index contributed by atoms with van der Waals surface area (Å²) < 4.78 is 33.5. The van der Waals surface area contributed by atoms with Gasteiger partial charge >= 0.3 is 0 Å². The van der Waals surface area contributed by atoms with Crippen LogP contribution in [0.4, 0.5) is 14.5 Å². The first-order valence-corrected chi connectivity index (χ1v) is 11.3. The van der Waals surface area contributed by atoms with Crippen LogP contribution in [0.2, 0.25) is 0 Å². The van der Waals surface area contributed by atoms with Gasteiger partial charge in [-0.3, -0.25) is 0 Å². The summed E-state index contributed by atoms with van der Waals surface area (Å²) in [6.45, 7) is 4.74. The third-order valence-electron chi connectivity index (χ3n) is 6.22. The minimum absolute atomic E-state index is 0. The molecule has 5 nitrogen and oxygen atoms in total. The van der Waals surface area contributed by atoms with Gasteiger partial charge in [0.05, 0.1) is 13.3 Å². The molecule has 8 heteroatoms. The zero-order chi connectivity index (χ0) is 25.0.